The molecular weight excluding hydrogens is 396 g/mol. The zero-order valence-electron chi connectivity index (χ0n) is 16.3. The highest BCUT2D eigenvalue weighted by atomic mass is 35.5. The Morgan fingerprint density at radius 3 is 2.36 bits per heavy atom. The summed E-state index contributed by atoms with van der Waals surface area (Å²) in [6.45, 7) is 2.22. The molecule has 1 aromatic carbocycles. The zero-order valence-corrected chi connectivity index (χ0v) is 17.9. The van der Waals surface area contributed by atoms with Crippen LogP contribution in [0.15, 0.2) is 29.2 Å². The standard InChI is InChI=1S/C21H29ClN2O3S/c1-14(21-11-15-7-16(12-21)9-17(8-15)13-21)24-20(25)5-6-23-28(26,27)19-4-2-3-18(22)10-19/h2-4,10,14-17,23H,5-9,11-13H2,1H3,(H,24,25). The fourth-order valence-electron chi connectivity index (χ4n) is 6.19. The lowest BCUT2D eigenvalue weighted by Gasteiger charge is -2.59. The lowest BCUT2D eigenvalue weighted by molar-refractivity contribution is -0.125. The topological polar surface area (TPSA) is 75.3 Å². The number of benzene rings is 1. The summed E-state index contributed by atoms with van der Waals surface area (Å²) < 4.78 is 27.1. The van der Waals surface area contributed by atoms with Gasteiger partial charge in [0.15, 0.2) is 0 Å². The Kier molecular flexibility index (Phi) is 5.49. The summed E-state index contributed by atoms with van der Waals surface area (Å²) in [5.74, 6) is 2.44. The monoisotopic (exact) mass is 424 g/mol. The number of carbonyl (C=O) groups excluding carboxylic acids is 1. The first-order chi connectivity index (χ1) is 13.3. The fraction of sp³-hybridized carbons (Fsp3) is 0.667. The molecule has 4 saturated carbocycles. The molecule has 7 heteroatoms. The number of sulfonamides is 1. The van der Waals surface area contributed by atoms with Gasteiger partial charge in [-0.1, -0.05) is 17.7 Å². The van der Waals surface area contributed by atoms with Crippen molar-refractivity contribution in [2.24, 2.45) is 23.2 Å². The lowest BCUT2D eigenvalue weighted by atomic mass is 9.48. The Bertz CT molecular complexity index is 820. The first-order valence-electron chi connectivity index (χ1n) is 10.3. The average molecular weight is 425 g/mol. The van der Waals surface area contributed by atoms with Crippen molar-refractivity contribution in [1.29, 1.82) is 0 Å². The van der Waals surface area contributed by atoms with Crippen LogP contribution < -0.4 is 10.0 Å². The van der Waals surface area contributed by atoms with Crippen LogP contribution in [0.2, 0.25) is 5.02 Å². The van der Waals surface area contributed by atoms with Gasteiger partial charge in [-0.25, -0.2) is 13.1 Å². The van der Waals surface area contributed by atoms with Crippen molar-refractivity contribution in [3.05, 3.63) is 29.3 Å². The second-order valence-electron chi connectivity index (χ2n) is 9.17. The molecule has 5 rings (SSSR count). The van der Waals surface area contributed by atoms with Crippen molar-refractivity contribution >= 4 is 27.5 Å². The van der Waals surface area contributed by atoms with Crippen molar-refractivity contribution in [3.63, 3.8) is 0 Å². The number of nitrogens with one attached hydrogen (secondary N) is 2. The maximum absolute atomic E-state index is 12.5. The summed E-state index contributed by atoms with van der Waals surface area (Å²) >= 11 is 5.87. The van der Waals surface area contributed by atoms with E-state index in [1.54, 1.807) is 12.1 Å². The number of carbonyl (C=O) groups is 1. The van der Waals surface area contributed by atoms with Gasteiger partial charge in [0.2, 0.25) is 15.9 Å². The third-order valence-corrected chi connectivity index (χ3v) is 8.83. The smallest absolute Gasteiger partial charge is 0.240 e. The number of hydrogen-bond acceptors (Lipinski definition) is 3. The summed E-state index contributed by atoms with van der Waals surface area (Å²) in [6, 6.07) is 6.26. The van der Waals surface area contributed by atoms with E-state index in [2.05, 4.69) is 17.0 Å². The maximum atomic E-state index is 12.5. The van der Waals surface area contributed by atoms with E-state index in [1.165, 1.54) is 50.7 Å². The predicted octanol–water partition coefficient (Wildman–Crippen LogP) is 3.73. The molecule has 0 radical (unpaired) electrons. The molecule has 2 N–H and O–H groups in total. The molecule has 1 amide bonds. The van der Waals surface area contributed by atoms with Gasteiger partial charge in [-0.15, -0.1) is 0 Å². The molecular formula is C21H29ClN2O3S. The van der Waals surface area contributed by atoms with Gasteiger partial charge < -0.3 is 5.32 Å². The van der Waals surface area contributed by atoms with Gasteiger partial charge in [0.05, 0.1) is 4.90 Å². The SMILES string of the molecule is CC(NC(=O)CCNS(=O)(=O)c1cccc(Cl)c1)C12CC3CC(CC(C3)C1)C2. The second kappa shape index (κ2) is 7.62. The van der Waals surface area contributed by atoms with E-state index in [4.69, 9.17) is 11.6 Å². The Hall–Kier alpha value is -1.11. The molecule has 4 bridgehead atoms. The minimum absolute atomic E-state index is 0.0777. The molecule has 4 fully saturated rings. The number of hydrogen-bond donors (Lipinski definition) is 2. The van der Waals surface area contributed by atoms with Crippen LogP contribution >= 0.6 is 11.6 Å². The second-order valence-corrected chi connectivity index (χ2v) is 11.4. The van der Waals surface area contributed by atoms with Crippen molar-refractivity contribution in [3.8, 4) is 0 Å². The molecule has 5 nitrogen and oxygen atoms in total. The van der Waals surface area contributed by atoms with Gasteiger partial charge in [0.25, 0.3) is 0 Å². The largest absolute Gasteiger partial charge is 0.353 e. The van der Waals surface area contributed by atoms with E-state index in [9.17, 15) is 13.2 Å². The van der Waals surface area contributed by atoms with Crippen LogP contribution in [-0.2, 0) is 14.8 Å². The van der Waals surface area contributed by atoms with Crippen molar-refractivity contribution in [1.82, 2.24) is 10.0 Å². The van der Waals surface area contributed by atoms with Crippen molar-refractivity contribution < 1.29 is 13.2 Å². The molecule has 0 saturated heterocycles. The lowest BCUT2D eigenvalue weighted by Crippen LogP contribution is -2.56. The van der Waals surface area contributed by atoms with Gasteiger partial charge in [0, 0.05) is 24.0 Å². The summed E-state index contributed by atoms with van der Waals surface area (Å²) in [5.41, 5.74) is 0.255. The molecule has 4 aliphatic carbocycles. The molecule has 4 aliphatic rings. The first-order valence-corrected chi connectivity index (χ1v) is 12.2. The zero-order chi connectivity index (χ0) is 19.9. The minimum atomic E-state index is -3.66. The third-order valence-electron chi connectivity index (χ3n) is 7.13. The van der Waals surface area contributed by atoms with E-state index < -0.39 is 10.0 Å². The summed E-state index contributed by atoms with van der Waals surface area (Å²) in [4.78, 5) is 12.6. The summed E-state index contributed by atoms with van der Waals surface area (Å²) in [5, 5.41) is 3.54. The molecule has 0 spiro atoms. The number of halogens is 1. The van der Waals surface area contributed by atoms with E-state index in [0.717, 1.165) is 17.8 Å². The van der Waals surface area contributed by atoms with E-state index >= 15 is 0 Å². The van der Waals surface area contributed by atoms with E-state index in [1.807, 2.05) is 0 Å². The number of rotatable bonds is 7. The third kappa shape index (κ3) is 4.10. The molecule has 1 unspecified atom stereocenters. The van der Waals surface area contributed by atoms with Gasteiger partial charge in [-0.05, 0) is 86.8 Å². The van der Waals surface area contributed by atoms with Crippen molar-refractivity contribution in [2.45, 2.75) is 62.8 Å². The van der Waals surface area contributed by atoms with Crippen LogP contribution in [0, 0.1) is 23.2 Å². The minimum Gasteiger partial charge on any atom is -0.353 e. The molecule has 28 heavy (non-hydrogen) atoms. The highest BCUT2D eigenvalue weighted by Crippen LogP contribution is 2.61. The molecule has 1 aromatic rings. The Morgan fingerprint density at radius 2 is 1.79 bits per heavy atom. The molecule has 0 aromatic heterocycles. The van der Waals surface area contributed by atoms with Crippen LogP contribution in [0.4, 0.5) is 0 Å². The molecule has 0 aliphatic heterocycles. The predicted molar refractivity (Wildman–Crippen MR) is 109 cm³/mol. The quantitative estimate of drug-likeness (QED) is 0.700. The number of amides is 1. The Morgan fingerprint density at radius 1 is 1.18 bits per heavy atom. The molecule has 0 heterocycles. The first kappa shape index (κ1) is 20.2. The average Bonchev–Trinajstić information content (AvgIpc) is 2.60. The van der Waals surface area contributed by atoms with Gasteiger partial charge in [0.1, 0.15) is 0 Å². The summed E-state index contributed by atoms with van der Waals surface area (Å²) in [6.07, 6.45) is 7.99. The van der Waals surface area contributed by atoms with Crippen LogP contribution in [0.3, 0.4) is 0 Å². The highest BCUT2D eigenvalue weighted by Gasteiger charge is 2.53. The highest BCUT2D eigenvalue weighted by molar-refractivity contribution is 7.89. The maximum Gasteiger partial charge on any atom is 0.240 e. The van der Waals surface area contributed by atoms with Crippen LogP contribution in [0.5, 0.6) is 0 Å². The van der Waals surface area contributed by atoms with E-state index in [-0.39, 0.29) is 35.2 Å². The van der Waals surface area contributed by atoms with Gasteiger partial charge >= 0.3 is 0 Å². The molecule has 154 valence electrons. The van der Waals surface area contributed by atoms with Gasteiger partial charge in [-0.2, -0.15) is 0 Å². The normalized spacial score (nSPS) is 32.3. The Labute approximate surface area is 172 Å². The summed E-state index contributed by atoms with van der Waals surface area (Å²) in [7, 11) is -3.66. The fourth-order valence-corrected chi connectivity index (χ4v) is 7.52. The van der Waals surface area contributed by atoms with E-state index in [0.29, 0.717) is 5.02 Å². The Balaban J connectivity index is 1.29. The van der Waals surface area contributed by atoms with Crippen LogP contribution in [0.1, 0.15) is 51.9 Å². The van der Waals surface area contributed by atoms with Crippen LogP contribution in [-0.4, -0.2) is 26.9 Å². The van der Waals surface area contributed by atoms with Crippen LogP contribution in [0.25, 0.3) is 0 Å². The molecule has 1 atom stereocenters. The van der Waals surface area contributed by atoms with Crippen molar-refractivity contribution in [2.75, 3.05) is 6.54 Å². The van der Waals surface area contributed by atoms with Gasteiger partial charge in [-0.3, -0.25) is 4.79 Å².